The number of rotatable bonds is 8. The van der Waals surface area contributed by atoms with Crippen molar-refractivity contribution >= 4 is 5.91 Å². The number of amides is 1. The summed E-state index contributed by atoms with van der Waals surface area (Å²) in [6.07, 6.45) is 0.922. The van der Waals surface area contributed by atoms with Gasteiger partial charge >= 0.3 is 0 Å². The molecule has 0 unspecified atom stereocenters. The van der Waals surface area contributed by atoms with E-state index in [1.807, 2.05) is 38.2 Å². The van der Waals surface area contributed by atoms with Crippen LogP contribution in [-0.4, -0.2) is 31.1 Å². The van der Waals surface area contributed by atoms with E-state index in [0.29, 0.717) is 36.8 Å². The first-order chi connectivity index (χ1) is 12.1. The number of ether oxygens (including phenoxy) is 2. The topological polar surface area (TPSA) is 38.8 Å². The smallest absolute Gasteiger partial charge is 0.254 e. The minimum absolute atomic E-state index is 0.0359. The van der Waals surface area contributed by atoms with Gasteiger partial charge in [-0.1, -0.05) is 31.2 Å². The largest absolute Gasteiger partial charge is 0.490 e. The molecule has 0 aliphatic rings. The van der Waals surface area contributed by atoms with Gasteiger partial charge in [0.05, 0.1) is 13.2 Å². The lowest BCUT2D eigenvalue weighted by atomic mass is 10.1. The highest BCUT2D eigenvalue weighted by Crippen LogP contribution is 2.29. The van der Waals surface area contributed by atoms with Crippen LogP contribution in [0.15, 0.2) is 42.5 Å². The van der Waals surface area contributed by atoms with Crippen LogP contribution in [0.2, 0.25) is 0 Å². The highest BCUT2D eigenvalue weighted by atomic mass is 16.5. The zero-order valence-electron chi connectivity index (χ0n) is 15.5. The van der Waals surface area contributed by atoms with Crippen molar-refractivity contribution in [1.82, 2.24) is 4.90 Å². The second-order valence-corrected chi connectivity index (χ2v) is 6.03. The van der Waals surface area contributed by atoms with Crippen LogP contribution < -0.4 is 9.47 Å². The van der Waals surface area contributed by atoms with Crippen LogP contribution in [0.1, 0.15) is 41.8 Å². The number of carbonyl (C=O) groups is 1. The Morgan fingerprint density at radius 1 is 1.04 bits per heavy atom. The van der Waals surface area contributed by atoms with E-state index in [-0.39, 0.29) is 5.91 Å². The summed E-state index contributed by atoms with van der Waals surface area (Å²) in [7, 11) is 1.82. The monoisotopic (exact) mass is 341 g/mol. The van der Waals surface area contributed by atoms with Gasteiger partial charge < -0.3 is 14.4 Å². The van der Waals surface area contributed by atoms with E-state index in [9.17, 15) is 4.79 Å². The number of benzene rings is 2. The summed E-state index contributed by atoms with van der Waals surface area (Å²) in [5, 5.41) is 0. The quantitative estimate of drug-likeness (QED) is 0.712. The zero-order valence-corrected chi connectivity index (χ0v) is 15.5. The lowest BCUT2D eigenvalue weighted by Gasteiger charge is -2.19. The van der Waals surface area contributed by atoms with Crippen molar-refractivity contribution in [2.24, 2.45) is 0 Å². The second-order valence-electron chi connectivity index (χ2n) is 6.03. The second kappa shape index (κ2) is 9.11. The molecule has 2 rings (SSSR count). The first-order valence-corrected chi connectivity index (χ1v) is 8.76. The van der Waals surface area contributed by atoms with Gasteiger partial charge in [-0.15, -0.1) is 0 Å². The Labute approximate surface area is 150 Å². The molecule has 4 nitrogen and oxygen atoms in total. The van der Waals surface area contributed by atoms with Crippen molar-refractivity contribution in [3.05, 3.63) is 59.2 Å². The lowest BCUT2D eigenvalue weighted by Crippen LogP contribution is -2.26. The van der Waals surface area contributed by atoms with Crippen LogP contribution >= 0.6 is 0 Å². The number of nitrogens with zero attached hydrogens (tertiary/aromatic N) is 1. The number of hydrogen-bond acceptors (Lipinski definition) is 3. The third-order valence-corrected chi connectivity index (χ3v) is 3.97. The van der Waals surface area contributed by atoms with Crippen molar-refractivity contribution in [2.45, 2.75) is 33.7 Å². The Hall–Kier alpha value is -2.49. The fraction of sp³-hybridized carbons (Fsp3) is 0.381. The molecule has 1 amide bonds. The molecule has 0 radical (unpaired) electrons. The fourth-order valence-corrected chi connectivity index (χ4v) is 2.58. The van der Waals surface area contributed by atoms with E-state index in [1.165, 1.54) is 5.56 Å². The van der Waals surface area contributed by atoms with Gasteiger partial charge in [0.1, 0.15) is 0 Å². The Kier molecular flexibility index (Phi) is 6.87. The van der Waals surface area contributed by atoms with Gasteiger partial charge in [-0.25, -0.2) is 0 Å². The average molecular weight is 341 g/mol. The van der Waals surface area contributed by atoms with Crippen LogP contribution in [0, 0.1) is 6.92 Å². The summed E-state index contributed by atoms with van der Waals surface area (Å²) in [4.78, 5) is 14.5. The third kappa shape index (κ3) is 4.99. The van der Waals surface area contributed by atoms with Crippen molar-refractivity contribution in [3.63, 3.8) is 0 Å². The Morgan fingerprint density at radius 2 is 1.80 bits per heavy atom. The third-order valence-electron chi connectivity index (χ3n) is 3.97. The molecule has 0 saturated heterocycles. The molecule has 2 aromatic carbocycles. The van der Waals surface area contributed by atoms with Gasteiger partial charge in [0.2, 0.25) is 0 Å². The maximum Gasteiger partial charge on any atom is 0.254 e. The van der Waals surface area contributed by atoms with Crippen LogP contribution in [0.25, 0.3) is 0 Å². The lowest BCUT2D eigenvalue weighted by molar-refractivity contribution is 0.0784. The summed E-state index contributed by atoms with van der Waals surface area (Å²) in [6, 6.07) is 13.5. The summed E-state index contributed by atoms with van der Waals surface area (Å²) >= 11 is 0. The average Bonchev–Trinajstić information content (AvgIpc) is 2.62. The molecule has 0 saturated carbocycles. The summed E-state index contributed by atoms with van der Waals surface area (Å²) in [6.45, 7) is 7.76. The molecule has 0 fully saturated rings. The van der Waals surface area contributed by atoms with Gasteiger partial charge in [0.25, 0.3) is 5.91 Å². The van der Waals surface area contributed by atoms with Crippen LogP contribution in [0.5, 0.6) is 11.5 Å². The molecule has 0 aromatic heterocycles. The minimum atomic E-state index is -0.0359. The van der Waals surface area contributed by atoms with E-state index in [1.54, 1.807) is 17.0 Å². The maximum atomic E-state index is 12.8. The van der Waals surface area contributed by atoms with Crippen molar-refractivity contribution in [3.8, 4) is 11.5 Å². The van der Waals surface area contributed by atoms with Gasteiger partial charge in [0.15, 0.2) is 11.5 Å². The van der Waals surface area contributed by atoms with Gasteiger partial charge in [-0.2, -0.15) is 0 Å². The van der Waals surface area contributed by atoms with Crippen LogP contribution in [0.3, 0.4) is 0 Å². The Morgan fingerprint density at radius 3 is 2.48 bits per heavy atom. The standard InChI is InChI=1S/C21H27NO3/c1-5-13-25-19-12-11-17(14-20(19)24-6-2)21(23)22(4)15-18-10-8-7-9-16(18)3/h7-12,14H,5-6,13,15H2,1-4H3. The van der Waals surface area contributed by atoms with Crippen LogP contribution in [0.4, 0.5) is 0 Å². The predicted molar refractivity (Wildman–Crippen MR) is 100 cm³/mol. The van der Waals surface area contributed by atoms with Gasteiger partial charge in [-0.3, -0.25) is 4.79 Å². The molecule has 0 spiro atoms. The normalized spacial score (nSPS) is 10.4. The molecule has 25 heavy (non-hydrogen) atoms. The Balaban J connectivity index is 2.17. The molecule has 0 bridgehead atoms. The zero-order chi connectivity index (χ0) is 18.2. The first-order valence-electron chi connectivity index (χ1n) is 8.76. The summed E-state index contributed by atoms with van der Waals surface area (Å²) in [5.41, 5.74) is 2.93. The summed E-state index contributed by atoms with van der Waals surface area (Å²) in [5.74, 6) is 1.26. The molecule has 0 aliphatic heterocycles. The Bertz CT molecular complexity index is 712. The number of aryl methyl sites for hydroxylation is 1. The molecule has 0 atom stereocenters. The molecular weight excluding hydrogens is 314 g/mol. The van der Waals surface area contributed by atoms with E-state index in [2.05, 4.69) is 19.9 Å². The number of hydrogen-bond donors (Lipinski definition) is 0. The molecular formula is C21H27NO3. The van der Waals surface area contributed by atoms with E-state index >= 15 is 0 Å². The van der Waals surface area contributed by atoms with Crippen molar-refractivity contribution in [2.75, 3.05) is 20.3 Å². The number of carbonyl (C=O) groups excluding carboxylic acids is 1. The summed E-state index contributed by atoms with van der Waals surface area (Å²) < 4.78 is 11.3. The predicted octanol–water partition coefficient (Wildman–Crippen LogP) is 4.45. The first kappa shape index (κ1) is 18.8. The SMILES string of the molecule is CCCOc1ccc(C(=O)N(C)Cc2ccccc2C)cc1OCC. The van der Waals surface area contributed by atoms with Crippen LogP contribution in [-0.2, 0) is 6.54 Å². The molecule has 4 heteroatoms. The van der Waals surface area contributed by atoms with E-state index in [0.717, 1.165) is 12.0 Å². The van der Waals surface area contributed by atoms with Crippen molar-refractivity contribution < 1.29 is 14.3 Å². The minimum Gasteiger partial charge on any atom is -0.490 e. The van der Waals surface area contributed by atoms with Gasteiger partial charge in [-0.05, 0) is 49.6 Å². The highest BCUT2D eigenvalue weighted by molar-refractivity contribution is 5.94. The van der Waals surface area contributed by atoms with Crippen molar-refractivity contribution in [1.29, 1.82) is 0 Å². The molecule has 0 aliphatic carbocycles. The molecule has 134 valence electrons. The highest BCUT2D eigenvalue weighted by Gasteiger charge is 2.16. The van der Waals surface area contributed by atoms with Gasteiger partial charge in [0, 0.05) is 19.2 Å². The fourth-order valence-electron chi connectivity index (χ4n) is 2.58. The molecule has 0 N–H and O–H groups in total. The van der Waals surface area contributed by atoms with E-state index in [4.69, 9.17) is 9.47 Å². The molecule has 0 heterocycles. The maximum absolute atomic E-state index is 12.8. The molecule has 2 aromatic rings. The van der Waals surface area contributed by atoms with E-state index < -0.39 is 0 Å².